The van der Waals surface area contributed by atoms with E-state index in [1.807, 2.05) is 60.4 Å². The van der Waals surface area contributed by atoms with Crippen LogP contribution in [0.15, 0.2) is 70.0 Å². The normalized spacial score (nSPS) is 16.6. The van der Waals surface area contributed by atoms with E-state index in [2.05, 4.69) is 12.1 Å². The van der Waals surface area contributed by atoms with Crippen molar-refractivity contribution in [2.75, 3.05) is 12.0 Å². The van der Waals surface area contributed by atoms with Crippen LogP contribution >= 0.6 is 11.8 Å². The summed E-state index contributed by atoms with van der Waals surface area (Å²) >= 11 is 1.58. The molecule has 0 spiro atoms. The molecule has 1 amide bonds. The Kier molecular flexibility index (Phi) is 4.05. The van der Waals surface area contributed by atoms with Crippen LogP contribution in [0.4, 0.5) is 5.69 Å². The Morgan fingerprint density at radius 3 is 2.71 bits per heavy atom. The summed E-state index contributed by atoms with van der Waals surface area (Å²) in [7, 11) is 1.66. The molecular formula is C23H19NO3S. The smallest absolute Gasteiger partial charge is 0.240 e. The van der Waals surface area contributed by atoms with E-state index < -0.39 is 0 Å². The van der Waals surface area contributed by atoms with Crippen LogP contribution in [0.25, 0.3) is 21.9 Å². The average Bonchev–Trinajstić information content (AvgIpc) is 3.09. The molecule has 0 saturated carbocycles. The van der Waals surface area contributed by atoms with E-state index >= 15 is 0 Å². The van der Waals surface area contributed by atoms with Gasteiger partial charge in [0.2, 0.25) is 5.91 Å². The van der Waals surface area contributed by atoms with Crippen molar-refractivity contribution in [2.45, 2.75) is 23.6 Å². The monoisotopic (exact) mass is 389 g/mol. The van der Waals surface area contributed by atoms with Crippen LogP contribution < -0.4 is 9.64 Å². The summed E-state index contributed by atoms with van der Waals surface area (Å²) < 4.78 is 11.3. The number of benzene rings is 3. The van der Waals surface area contributed by atoms with Gasteiger partial charge < -0.3 is 14.1 Å². The second-order valence-electron chi connectivity index (χ2n) is 6.95. The number of rotatable bonds is 3. The summed E-state index contributed by atoms with van der Waals surface area (Å²) in [5, 5.41) is 2.05. The Morgan fingerprint density at radius 1 is 1.04 bits per heavy atom. The number of amides is 1. The molecule has 0 aliphatic carbocycles. The highest BCUT2D eigenvalue weighted by Crippen LogP contribution is 2.42. The summed E-state index contributed by atoms with van der Waals surface area (Å²) in [4.78, 5) is 15.9. The highest BCUT2D eigenvalue weighted by Gasteiger charge is 2.31. The number of para-hydroxylation sites is 1. The first kappa shape index (κ1) is 17.2. The van der Waals surface area contributed by atoms with Gasteiger partial charge in [0.1, 0.15) is 16.9 Å². The maximum absolute atomic E-state index is 12.9. The minimum Gasteiger partial charge on any atom is -0.497 e. The molecule has 28 heavy (non-hydrogen) atoms. The highest BCUT2D eigenvalue weighted by atomic mass is 32.2. The van der Waals surface area contributed by atoms with Crippen LogP contribution in [-0.2, 0) is 11.3 Å². The second-order valence-corrected chi connectivity index (χ2v) is 8.33. The number of ether oxygens (including phenoxy) is 1. The Balaban J connectivity index is 1.56. The van der Waals surface area contributed by atoms with Crippen molar-refractivity contribution in [2.24, 2.45) is 0 Å². The van der Waals surface area contributed by atoms with E-state index in [9.17, 15) is 4.79 Å². The van der Waals surface area contributed by atoms with Crippen molar-refractivity contribution >= 4 is 45.3 Å². The molecule has 5 rings (SSSR count). The number of fused-ring (bicyclic) bond motifs is 4. The molecule has 1 unspecified atom stereocenters. The van der Waals surface area contributed by atoms with E-state index in [4.69, 9.17) is 9.15 Å². The molecule has 2 heterocycles. The van der Waals surface area contributed by atoms with Gasteiger partial charge >= 0.3 is 0 Å². The van der Waals surface area contributed by atoms with Crippen LogP contribution in [0.3, 0.4) is 0 Å². The van der Waals surface area contributed by atoms with Gasteiger partial charge in [0, 0.05) is 15.7 Å². The summed E-state index contributed by atoms with van der Waals surface area (Å²) in [6.45, 7) is 2.48. The van der Waals surface area contributed by atoms with Crippen molar-refractivity contribution in [3.63, 3.8) is 0 Å². The first-order valence-electron chi connectivity index (χ1n) is 9.20. The minimum atomic E-state index is -0.127. The van der Waals surface area contributed by atoms with Crippen LogP contribution in [-0.4, -0.2) is 18.3 Å². The Morgan fingerprint density at radius 2 is 1.86 bits per heavy atom. The number of hydrogen-bond acceptors (Lipinski definition) is 4. The quantitative estimate of drug-likeness (QED) is 0.456. The van der Waals surface area contributed by atoms with Gasteiger partial charge in [-0.15, -0.1) is 11.8 Å². The van der Waals surface area contributed by atoms with Gasteiger partial charge in [-0.1, -0.05) is 24.3 Å². The van der Waals surface area contributed by atoms with Crippen LogP contribution in [0.5, 0.6) is 5.75 Å². The fourth-order valence-electron chi connectivity index (χ4n) is 3.74. The third-order valence-electron chi connectivity index (χ3n) is 5.16. The molecule has 0 radical (unpaired) electrons. The van der Waals surface area contributed by atoms with Crippen LogP contribution in [0, 0.1) is 0 Å². The molecule has 0 N–H and O–H groups in total. The maximum atomic E-state index is 12.9. The topological polar surface area (TPSA) is 42.7 Å². The van der Waals surface area contributed by atoms with Crippen LogP contribution in [0.2, 0.25) is 0 Å². The van der Waals surface area contributed by atoms with Gasteiger partial charge in [0.05, 0.1) is 24.6 Å². The zero-order chi connectivity index (χ0) is 19.3. The van der Waals surface area contributed by atoms with E-state index in [-0.39, 0.29) is 11.2 Å². The first-order valence-corrected chi connectivity index (χ1v) is 10.1. The molecular weight excluding hydrogens is 370 g/mol. The van der Waals surface area contributed by atoms with Gasteiger partial charge in [-0.2, -0.15) is 0 Å². The SMILES string of the molecule is COc1ccc2c(c1)SC(C)C(=O)N2Cc1ccc2oc3ccccc3c2c1. The lowest BCUT2D eigenvalue weighted by Gasteiger charge is -2.32. The molecule has 1 aliphatic rings. The van der Waals surface area contributed by atoms with Gasteiger partial charge in [-0.05, 0) is 48.9 Å². The van der Waals surface area contributed by atoms with Crippen molar-refractivity contribution in [1.82, 2.24) is 0 Å². The van der Waals surface area contributed by atoms with Gasteiger partial charge in [-0.3, -0.25) is 4.79 Å². The van der Waals surface area contributed by atoms with Gasteiger partial charge in [0.25, 0.3) is 0 Å². The summed E-state index contributed by atoms with van der Waals surface area (Å²) in [6.07, 6.45) is 0. The predicted molar refractivity (Wildman–Crippen MR) is 113 cm³/mol. The number of anilines is 1. The van der Waals surface area contributed by atoms with Gasteiger partial charge in [0.15, 0.2) is 0 Å². The molecule has 1 aliphatic heterocycles. The molecule has 5 heteroatoms. The van der Waals surface area contributed by atoms with E-state index in [0.717, 1.165) is 43.8 Å². The van der Waals surface area contributed by atoms with Crippen molar-refractivity contribution in [3.8, 4) is 5.75 Å². The lowest BCUT2D eigenvalue weighted by atomic mass is 10.1. The molecule has 3 aromatic carbocycles. The summed E-state index contributed by atoms with van der Waals surface area (Å²) in [5.74, 6) is 0.929. The number of carbonyl (C=O) groups is 1. The molecule has 4 aromatic rings. The standard InChI is InChI=1S/C23H19NO3S/c1-14-23(25)24(19-9-8-16(26-2)12-22(19)28-14)13-15-7-10-21-18(11-15)17-5-3-4-6-20(17)27-21/h3-12,14H,13H2,1-2H3. The summed E-state index contributed by atoms with van der Waals surface area (Å²) in [6, 6.07) is 20.1. The zero-order valence-corrected chi connectivity index (χ0v) is 16.5. The third-order valence-corrected chi connectivity index (χ3v) is 6.29. The van der Waals surface area contributed by atoms with E-state index in [1.54, 1.807) is 18.9 Å². The fraction of sp³-hybridized carbons (Fsp3) is 0.174. The number of hydrogen-bond donors (Lipinski definition) is 0. The molecule has 4 nitrogen and oxygen atoms in total. The minimum absolute atomic E-state index is 0.125. The number of methoxy groups -OCH3 is 1. The molecule has 1 aromatic heterocycles. The number of carbonyl (C=O) groups excluding carboxylic acids is 1. The molecule has 140 valence electrons. The maximum Gasteiger partial charge on any atom is 0.240 e. The average molecular weight is 389 g/mol. The third kappa shape index (κ3) is 2.74. The lowest BCUT2D eigenvalue weighted by Crippen LogP contribution is -2.39. The predicted octanol–water partition coefficient (Wildman–Crippen LogP) is 5.62. The number of thioether (sulfide) groups is 1. The Labute approximate surface area is 167 Å². The van der Waals surface area contributed by atoms with Crippen molar-refractivity contribution < 1.29 is 13.9 Å². The molecule has 0 fully saturated rings. The highest BCUT2D eigenvalue weighted by molar-refractivity contribution is 8.01. The lowest BCUT2D eigenvalue weighted by molar-refractivity contribution is -0.118. The first-order chi connectivity index (χ1) is 13.6. The van der Waals surface area contributed by atoms with Gasteiger partial charge in [-0.25, -0.2) is 0 Å². The van der Waals surface area contributed by atoms with E-state index in [0.29, 0.717) is 6.54 Å². The van der Waals surface area contributed by atoms with Crippen LogP contribution in [0.1, 0.15) is 12.5 Å². The fourth-order valence-corrected chi connectivity index (χ4v) is 4.83. The molecule has 0 saturated heterocycles. The summed E-state index contributed by atoms with van der Waals surface area (Å²) in [5.41, 5.74) is 3.76. The number of furan rings is 1. The largest absolute Gasteiger partial charge is 0.497 e. The van der Waals surface area contributed by atoms with Crippen molar-refractivity contribution in [1.29, 1.82) is 0 Å². The van der Waals surface area contributed by atoms with E-state index in [1.165, 1.54) is 0 Å². The zero-order valence-electron chi connectivity index (χ0n) is 15.6. The Bertz CT molecular complexity index is 1210. The second kappa shape index (κ2) is 6.60. The number of nitrogens with zero attached hydrogens (tertiary/aromatic N) is 1. The Hall–Kier alpha value is -2.92. The molecule has 1 atom stereocenters. The van der Waals surface area contributed by atoms with Crippen molar-refractivity contribution in [3.05, 3.63) is 66.2 Å². The molecule has 0 bridgehead atoms.